The van der Waals surface area contributed by atoms with E-state index in [-0.39, 0.29) is 4.90 Å². The molecule has 0 fully saturated rings. The van der Waals surface area contributed by atoms with Crippen molar-refractivity contribution in [1.82, 2.24) is 9.29 Å². The van der Waals surface area contributed by atoms with E-state index in [0.717, 1.165) is 22.1 Å². The SMILES string of the molecule is CCCN(CCCc1c[nH]c2c(C(N)=O)cc(-c3ccccc3)cc12)S(=O)(=O)c1ccc(OC)cc1. The standard InChI is InChI=1S/C28H31N3O4S/c1-3-15-31(36(33,34)24-13-11-23(35-2)12-14-24)16-7-10-21-19-30-27-25(21)17-22(18-26(27)28(29)32)20-8-5-4-6-9-20/h4-6,8-9,11-14,17-19,30H,3,7,10,15-16H2,1-2H3,(H2,29,32). The fourth-order valence-electron chi connectivity index (χ4n) is 4.43. The summed E-state index contributed by atoms with van der Waals surface area (Å²) in [4.78, 5) is 15.6. The van der Waals surface area contributed by atoms with Crippen LogP contribution in [0.1, 0.15) is 35.7 Å². The Morgan fingerprint density at radius 1 is 1.00 bits per heavy atom. The van der Waals surface area contributed by atoms with Gasteiger partial charge in [-0.2, -0.15) is 4.31 Å². The molecule has 188 valence electrons. The van der Waals surface area contributed by atoms with Crippen molar-refractivity contribution >= 4 is 26.8 Å². The molecular formula is C28H31N3O4S. The molecule has 1 aromatic heterocycles. The predicted molar refractivity (Wildman–Crippen MR) is 143 cm³/mol. The number of benzene rings is 3. The summed E-state index contributed by atoms with van der Waals surface area (Å²) in [5.41, 5.74) is 9.75. The predicted octanol–water partition coefficient (Wildman–Crippen LogP) is 4.98. The third-order valence-corrected chi connectivity index (χ3v) is 8.18. The number of primary amides is 1. The van der Waals surface area contributed by atoms with E-state index in [1.807, 2.05) is 49.5 Å². The van der Waals surface area contributed by atoms with Gasteiger partial charge in [0.1, 0.15) is 5.75 Å². The van der Waals surface area contributed by atoms with Gasteiger partial charge in [0.25, 0.3) is 5.91 Å². The molecule has 0 aliphatic heterocycles. The van der Waals surface area contributed by atoms with Crippen LogP contribution >= 0.6 is 0 Å². The molecule has 3 N–H and O–H groups in total. The number of hydrogen-bond donors (Lipinski definition) is 2. The molecule has 4 rings (SSSR count). The van der Waals surface area contributed by atoms with Crippen LogP contribution in [0.4, 0.5) is 0 Å². The third kappa shape index (κ3) is 5.29. The van der Waals surface area contributed by atoms with E-state index in [0.29, 0.717) is 49.2 Å². The molecule has 0 bridgehead atoms. The van der Waals surface area contributed by atoms with E-state index in [9.17, 15) is 13.2 Å². The monoisotopic (exact) mass is 505 g/mol. The molecule has 0 radical (unpaired) electrons. The maximum atomic E-state index is 13.3. The number of sulfonamides is 1. The molecule has 4 aromatic rings. The molecule has 0 saturated carbocycles. The summed E-state index contributed by atoms with van der Waals surface area (Å²) in [5.74, 6) is 0.117. The Kier molecular flexibility index (Phi) is 7.76. The molecule has 0 aliphatic carbocycles. The van der Waals surface area contributed by atoms with E-state index >= 15 is 0 Å². The maximum Gasteiger partial charge on any atom is 0.250 e. The van der Waals surface area contributed by atoms with Crippen LogP contribution < -0.4 is 10.5 Å². The summed E-state index contributed by atoms with van der Waals surface area (Å²) in [6, 6.07) is 20.2. The summed E-state index contributed by atoms with van der Waals surface area (Å²) in [6.07, 6.45) is 3.87. The van der Waals surface area contributed by atoms with Crippen molar-refractivity contribution in [3.8, 4) is 16.9 Å². The van der Waals surface area contributed by atoms with Crippen molar-refractivity contribution in [2.24, 2.45) is 5.73 Å². The number of fused-ring (bicyclic) bond motifs is 1. The Labute approximate surface area is 211 Å². The minimum absolute atomic E-state index is 0.252. The second-order valence-corrected chi connectivity index (χ2v) is 10.6. The molecule has 0 unspecified atom stereocenters. The first kappa shape index (κ1) is 25.5. The van der Waals surface area contributed by atoms with Crippen molar-refractivity contribution in [1.29, 1.82) is 0 Å². The van der Waals surface area contributed by atoms with E-state index < -0.39 is 15.9 Å². The number of nitrogens with one attached hydrogen (secondary N) is 1. The van der Waals surface area contributed by atoms with Crippen LogP contribution in [0, 0.1) is 0 Å². The fourth-order valence-corrected chi connectivity index (χ4v) is 6.00. The number of aromatic nitrogens is 1. The van der Waals surface area contributed by atoms with Gasteiger partial charge >= 0.3 is 0 Å². The smallest absolute Gasteiger partial charge is 0.250 e. The number of nitrogens with zero attached hydrogens (tertiary/aromatic N) is 1. The average Bonchev–Trinajstić information content (AvgIpc) is 3.30. The first-order valence-electron chi connectivity index (χ1n) is 12.0. The number of H-pyrrole nitrogens is 1. The Morgan fingerprint density at radius 3 is 2.36 bits per heavy atom. The molecule has 1 heterocycles. The number of aromatic amines is 1. The molecule has 1 amide bonds. The van der Waals surface area contributed by atoms with Crippen molar-refractivity contribution in [3.63, 3.8) is 0 Å². The first-order chi connectivity index (χ1) is 17.3. The summed E-state index contributed by atoms with van der Waals surface area (Å²) in [7, 11) is -2.08. The van der Waals surface area contributed by atoms with Crippen LogP contribution in [-0.4, -0.2) is 43.8 Å². The largest absolute Gasteiger partial charge is 0.497 e. The number of amides is 1. The van der Waals surface area contributed by atoms with Gasteiger partial charge in [-0.3, -0.25) is 4.79 Å². The van der Waals surface area contributed by atoms with Crippen LogP contribution in [-0.2, 0) is 16.4 Å². The number of carbonyl (C=O) groups is 1. The molecule has 3 aromatic carbocycles. The fraction of sp³-hybridized carbons (Fsp3) is 0.250. The van der Waals surface area contributed by atoms with Crippen molar-refractivity contribution in [2.45, 2.75) is 31.1 Å². The first-order valence-corrected chi connectivity index (χ1v) is 13.4. The minimum atomic E-state index is -3.62. The number of ether oxygens (including phenoxy) is 1. The quantitative estimate of drug-likeness (QED) is 0.300. The molecule has 7 nitrogen and oxygen atoms in total. The average molecular weight is 506 g/mol. The van der Waals surface area contributed by atoms with E-state index in [2.05, 4.69) is 11.1 Å². The number of hydrogen-bond acceptors (Lipinski definition) is 4. The number of rotatable bonds is 11. The lowest BCUT2D eigenvalue weighted by Crippen LogP contribution is -2.33. The zero-order valence-corrected chi connectivity index (χ0v) is 21.3. The van der Waals surface area contributed by atoms with Gasteiger partial charge < -0.3 is 15.5 Å². The van der Waals surface area contributed by atoms with Crippen LogP contribution in [0.15, 0.2) is 77.8 Å². The topological polar surface area (TPSA) is 105 Å². The number of aryl methyl sites for hydroxylation is 1. The van der Waals surface area contributed by atoms with E-state index in [1.54, 1.807) is 31.4 Å². The molecule has 0 spiro atoms. The lowest BCUT2D eigenvalue weighted by molar-refractivity contribution is 0.100. The zero-order chi connectivity index (χ0) is 25.7. The maximum absolute atomic E-state index is 13.3. The van der Waals surface area contributed by atoms with Crippen molar-refractivity contribution in [3.05, 3.63) is 84.1 Å². The lowest BCUT2D eigenvalue weighted by Gasteiger charge is -2.21. The summed E-state index contributed by atoms with van der Waals surface area (Å²) < 4.78 is 33.2. The van der Waals surface area contributed by atoms with Gasteiger partial charge in [0.2, 0.25) is 10.0 Å². The molecule has 0 aliphatic rings. The highest BCUT2D eigenvalue weighted by atomic mass is 32.2. The Hall–Kier alpha value is -3.62. The number of nitrogens with two attached hydrogens (primary N) is 1. The van der Waals surface area contributed by atoms with Gasteiger partial charge in [0.15, 0.2) is 0 Å². The molecule has 0 saturated heterocycles. The van der Waals surface area contributed by atoms with Gasteiger partial charge in [-0.05, 0) is 72.4 Å². The van der Waals surface area contributed by atoms with Crippen molar-refractivity contribution < 1.29 is 17.9 Å². The summed E-state index contributed by atoms with van der Waals surface area (Å²) >= 11 is 0. The highest BCUT2D eigenvalue weighted by Crippen LogP contribution is 2.30. The summed E-state index contributed by atoms with van der Waals surface area (Å²) in [5, 5.41) is 0.921. The van der Waals surface area contributed by atoms with E-state index in [1.165, 1.54) is 4.31 Å². The van der Waals surface area contributed by atoms with Crippen LogP contribution in [0.5, 0.6) is 5.75 Å². The summed E-state index contributed by atoms with van der Waals surface area (Å²) in [6.45, 7) is 2.79. The highest BCUT2D eigenvalue weighted by Gasteiger charge is 2.24. The van der Waals surface area contributed by atoms with Crippen LogP contribution in [0.2, 0.25) is 0 Å². The normalized spacial score (nSPS) is 11.8. The Bertz CT molecular complexity index is 1450. The Balaban J connectivity index is 1.57. The molecule has 0 atom stereocenters. The molecular weight excluding hydrogens is 474 g/mol. The highest BCUT2D eigenvalue weighted by molar-refractivity contribution is 7.89. The second-order valence-electron chi connectivity index (χ2n) is 8.67. The number of methoxy groups -OCH3 is 1. The lowest BCUT2D eigenvalue weighted by atomic mass is 9.97. The van der Waals surface area contributed by atoms with Gasteiger partial charge in [-0.15, -0.1) is 0 Å². The van der Waals surface area contributed by atoms with Crippen LogP contribution in [0.25, 0.3) is 22.0 Å². The number of carbonyl (C=O) groups excluding carboxylic acids is 1. The Morgan fingerprint density at radius 2 is 1.72 bits per heavy atom. The second kappa shape index (κ2) is 11.0. The molecule has 8 heteroatoms. The van der Waals surface area contributed by atoms with Crippen molar-refractivity contribution in [2.75, 3.05) is 20.2 Å². The van der Waals surface area contributed by atoms with Gasteiger partial charge in [-0.25, -0.2) is 8.42 Å². The van der Waals surface area contributed by atoms with Gasteiger partial charge in [-0.1, -0.05) is 37.3 Å². The van der Waals surface area contributed by atoms with Gasteiger partial charge in [0.05, 0.1) is 23.1 Å². The minimum Gasteiger partial charge on any atom is -0.497 e. The van der Waals surface area contributed by atoms with Crippen LogP contribution in [0.3, 0.4) is 0 Å². The molecule has 36 heavy (non-hydrogen) atoms. The van der Waals surface area contributed by atoms with E-state index in [4.69, 9.17) is 10.5 Å². The third-order valence-electron chi connectivity index (χ3n) is 6.27. The zero-order valence-electron chi connectivity index (χ0n) is 20.5. The van der Waals surface area contributed by atoms with Gasteiger partial charge in [0, 0.05) is 24.7 Å².